The van der Waals surface area contributed by atoms with Crippen LogP contribution in [0, 0.1) is 12.8 Å². The van der Waals surface area contributed by atoms with Gasteiger partial charge >= 0.3 is 0 Å². The molecule has 0 radical (unpaired) electrons. The monoisotopic (exact) mass is 496 g/mol. The second-order valence-corrected chi connectivity index (χ2v) is 8.89. The van der Waals surface area contributed by atoms with Crippen LogP contribution in [0.25, 0.3) is 0 Å². The quantitative estimate of drug-likeness (QED) is 0.297. The number of amides is 1. The Morgan fingerprint density at radius 1 is 0.944 bits per heavy atom. The molecule has 2 saturated heterocycles. The van der Waals surface area contributed by atoms with Crippen molar-refractivity contribution >= 4 is 17.5 Å². The first kappa shape index (κ1) is 25.7. The van der Waals surface area contributed by atoms with Crippen LogP contribution in [-0.2, 0) is 14.3 Å². The van der Waals surface area contributed by atoms with Crippen molar-refractivity contribution in [3.8, 4) is 17.2 Å². The molecule has 2 unspecified atom stereocenters. The molecule has 2 aromatic carbocycles. The number of Topliss-reactive ketones (excluding diaryl/α,β-unsaturated/α-hetero) is 2. The lowest BCUT2D eigenvalue weighted by atomic mass is 9.84. The zero-order valence-electron chi connectivity index (χ0n) is 21.1. The van der Waals surface area contributed by atoms with Crippen LogP contribution in [0.1, 0.15) is 27.5 Å². The van der Waals surface area contributed by atoms with Gasteiger partial charge in [0.2, 0.25) is 5.78 Å². The third-order valence-electron chi connectivity index (χ3n) is 6.91. The molecule has 0 saturated carbocycles. The number of aryl methyl sites for hydroxylation is 1. The molecule has 36 heavy (non-hydrogen) atoms. The van der Waals surface area contributed by atoms with Gasteiger partial charge in [-0.05, 0) is 42.8 Å². The zero-order chi connectivity index (χ0) is 25.8. The molecule has 192 valence electrons. The van der Waals surface area contributed by atoms with Crippen LogP contribution in [0.15, 0.2) is 36.4 Å². The van der Waals surface area contributed by atoms with E-state index in [0.717, 1.165) is 13.1 Å². The van der Waals surface area contributed by atoms with Gasteiger partial charge in [0.25, 0.3) is 5.91 Å². The Bertz CT molecular complexity index is 1140. The van der Waals surface area contributed by atoms with Crippen molar-refractivity contribution in [3.05, 3.63) is 53.1 Å². The summed E-state index contributed by atoms with van der Waals surface area (Å²) in [5, 5.41) is 0. The van der Waals surface area contributed by atoms with Gasteiger partial charge in [-0.3, -0.25) is 19.3 Å². The number of rotatable bonds is 9. The van der Waals surface area contributed by atoms with Crippen molar-refractivity contribution in [1.29, 1.82) is 0 Å². The van der Waals surface area contributed by atoms with Crippen molar-refractivity contribution in [3.63, 3.8) is 0 Å². The van der Waals surface area contributed by atoms with E-state index < -0.39 is 29.4 Å². The third kappa shape index (κ3) is 4.94. The average Bonchev–Trinajstić information content (AvgIpc) is 3.16. The second kappa shape index (κ2) is 11.1. The molecule has 1 amide bonds. The van der Waals surface area contributed by atoms with Crippen LogP contribution in [0.5, 0.6) is 17.2 Å². The van der Waals surface area contributed by atoms with Crippen LogP contribution in [0.4, 0.5) is 0 Å². The van der Waals surface area contributed by atoms with Crippen LogP contribution < -0.4 is 14.2 Å². The topological polar surface area (TPSA) is 94.6 Å². The lowest BCUT2D eigenvalue weighted by Crippen LogP contribution is -2.43. The van der Waals surface area contributed by atoms with Gasteiger partial charge in [-0.15, -0.1) is 0 Å². The molecule has 0 spiro atoms. The molecule has 0 bridgehead atoms. The summed E-state index contributed by atoms with van der Waals surface area (Å²) in [6, 6.07) is 9.47. The molecule has 2 fully saturated rings. The summed E-state index contributed by atoms with van der Waals surface area (Å²) in [4.78, 5) is 44.3. The van der Waals surface area contributed by atoms with Gasteiger partial charge in [0.15, 0.2) is 5.78 Å². The molecule has 0 aliphatic carbocycles. The van der Waals surface area contributed by atoms with E-state index in [-0.39, 0.29) is 0 Å². The number of nitrogens with zero attached hydrogens (tertiary/aromatic N) is 2. The molecule has 9 heteroatoms. The Balaban J connectivity index is 1.75. The highest BCUT2D eigenvalue weighted by Gasteiger charge is 2.52. The Labute approximate surface area is 210 Å². The van der Waals surface area contributed by atoms with Crippen LogP contribution >= 0.6 is 0 Å². The number of ether oxygens (including phenoxy) is 4. The largest absolute Gasteiger partial charge is 0.497 e. The normalized spacial score (nSPS) is 20.5. The molecule has 2 aliphatic rings. The molecule has 0 N–H and O–H groups in total. The maximum absolute atomic E-state index is 13.8. The van der Waals surface area contributed by atoms with E-state index in [0.29, 0.717) is 60.2 Å². The smallest absolute Gasteiger partial charge is 0.291 e. The summed E-state index contributed by atoms with van der Waals surface area (Å²) in [6.07, 6.45) is 0. The van der Waals surface area contributed by atoms with E-state index in [4.69, 9.17) is 18.9 Å². The van der Waals surface area contributed by atoms with Gasteiger partial charge in [0, 0.05) is 43.4 Å². The summed E-state index contributed by atoms with van der Waals surface area (Å²) in [5.74, 6) is -1.33. The molecule has 9 nitrogen and oxygen atoms in total. The van der Waals surface area contributed by atoms with Gasteiger partial charge < -0.3 is 23.8 Å². The fraction of sp³-hybridized carbons (Fsp3) is 0.444. The Hall–Kier alpha value is -3.43. The lowest BCUT2D eigenvalue weighted by Gasteiger charge is -2.32. The highest BCUT2D eigenvalue weighted by molar-refractivity contribution is 6.44. The molecule has 2 aliphatic heterocycles. The number of methoxy groups -OCH3 is 3. The molecule has 4 rings (SSSR count). The standard InChI is InChI=1S/C27H32N2O7/c1-17-15-18(33-2)5-7-20(17)25(30)23-24(21-8-6-19(34-3)16-22(21)35-4)29(27(32)26(23)31)10-9-28-11-13-36-14-12-28/h5-8,15-16,23-24H,9-14H2,1-4H3. The number of benzene rings is 2. The predicted molar refractivity (Wildman–Crippen MR) is 132 cm³/mol. The molecular formula is C27H32N2O7. The summed E-state index contributed by atoms with van der Waals surface area (Å²) in [5.41, 5.74) is 1.64. The van der Waals surface area contributed by atoms with Gasteiger partial charge in [-0.25, -0.2) is 0 Å². The Morgan fingerprint density at radius 2 is 1.61 bits per heavy atom. The van der Waals surface area contributed by atoms with E-state index in [1.54, 1.807) is 57.5 Å². The van der Waals surface area contributed by atoms with E-state index >= 15 is 0 Å². The number of carbonyl (C=O) groups is 3. The number of ketones is 2. The molecule has 2 aromatic rings. The number of morpholine rings is 1. The highest BCUT2D eigenvalue weighted by atomic mass is 16.5. The zero-order valence-corrected chi connectivity index (χ0v) is 21.1. The van der Waals surface area contributed by atoms with Crippen molar-refractivity contribution < 1.29 is 33.3 Å². The first-order valence-electron chi connectivity index (χ1n) is 11.9. The first-order valence-corrected chi connectivity index (χ1v) is 11.9. The fourth-order valence-electron chi connectivity index (χ4n) is 4.92. The summed E-state index contributed by atoms with van der Waals surface area (Å²) in [7, 11) is 4.61. The highest BCUT2D eigenvalue weighted by Crippen LogP contribution is 2.43. The third-order valence-corrected chi connectivity index (χ3v) is 6.91. The molecule has 0 aromatic heterocycles. The molecule has 2 atom stereocenters. The van der Waals surface area contributed by atoms with Crippen molar-refractivity contribution in [2.75, 3.05) is 60.7 Å². The SMILES string of the molecule is COc1ccc(C(=O)C2C(=O)C(=O)N(CCN3CCOCC3)C2c2ccc(OC)cc2OC)c(C)c1. The average molecular weight is 497 g/mol. The van der Waals surface area contributed by atoms with E-state index in [1.807, 2.05) is 0 Å². The van der Waals surface area contributed by atoms with Crippen molar-refractivity contribution in [2.24, 2.45) is 5.92 Å². The maximum atomic E-state index is 13.8. The fourth-order valence-corrected chi connectivity index (χ4v) is 4.92. The minimum Gasteiger partial charge on any atom is -0.497 e. The Morgan fingerprint density at radius 3 is 2.25 bits per heavy atom. The van der Waals surface area contributed by atoms with E-state index in [9.17, 15) is 14.4 Å². The number of hydrogen-bond acceptors (Lipinski definition) is 8. The Kier molecular flexibility index (Phi) is 7.91. The van der Waals surface area contributed by atoms with Gasteiger partial charge in [-0.2, -0.15) is 0 Å². The van der Waals surface area contributed by atoms with Gasteiger partial charge in [-0.1, -0.05) is 0 Å². The van der Waals surface area contributed by atoms with Crippen LogP contribution in [0.3, 0.4) is 0 Å². The first-order chi connectivity index (χ1) is 17.4. The minimum absolute atomic E-state index is 0.301. The maximum Gasteiger partial charge on any atom is 0.291 e. The number of hydrogen-bond donors (Lipinski definition) is 0. The van der Waals surface area contributed by atoms with Crippen LogP contribution in [-0.4, -0.2) is 88.0 Å². The predicted octanol–water partition coefficient (Wildman–Crippen LogP) is 2.30. The van der Waals surface area contributed by atoms with Crippen LogP contribution in [0.2, 0.25) is 0 Å². The minimum atomic E-state index is -1.20. The van der Waals surface area contributed by atoms with E-state index in [1.165, 1.54) is 12.0 Å². The van der Waals surface area contributed by atoms with E-state index in [2.05, 4.69) is 4.90 Å². The summed E-state index contributed by atoms with van der Waals surface area (Å²) < 4.78 is 21.6. The molecule has 2 heterocycles. The number of carbonyl (C=O) groups excluding carboxylic acids is 3. The number of likely N-dealkylation sites (tertiary alicyclic amines) is 1. The lowest BCUT2D eigenvalue weighted by molar-refractivity contribution is -0.141. The molecular weight excluding hydrogens is 464 g/mol. The second-order valence-electron chi connectivity index (χ2n) is 8.89. The summed E-state index contributed by atoms with van der Waals surface area (Å²) >= 11 is 0. The van der Waals surface area contributed by atoms with Crippen molar-refractivity contribution in [1.82, 2.24) is 9.80 Å². The van der Waals surface area contributed by atoms with Gasteiger partial charge in [0.1, 0.15) is 23.2 Å². The summed E-state index contributed by atoms with van der Waals surface area (Å²) in [6.45, 7) is 5.41. The van der Waals surface area contributed by atoms with Crippen molar-refractivity contribution in [2.45, 2.75) is 13.0 Å². The van der Waals surface area contributed by atoms with Gasteiger partial charge in [0.05, 0.1) is 40.6 Å².